The molecule has 62 valence electrons. The molecule has 0 unspecified atom stereocenters. The molecule has 0 saturated heterocycles. The molecular formula is C8H14N2S. The Morgan fingerprint density at radius 3 is 2.27 bits per heavy atom. The van der Waals surface area contributed by atoms with E-state index in [4.69, 9.17) is 0 Å². The normalized spacial score (nSPS) is 10.5. The average Bonchev–Trinajstić information content (AvgIpc) is 2.26. The molecule has 0 aromatic carbocycles. The minimum absolute atomic E-state index is 0.965. The number of rotatable bonds is 2. The number of hydrogen-bond acceptors (Lipinski definition) is 2. The predicted molar refractivity (Wildman–Crippen MR) is 49.2 cm³/mol. The second-order valence-corrected chi connectivity index (χ2v) is 3.02. The first kappa shape index (κ1) is 8.65. The van der Waals surface area contributed by atoms with Crippen LogP contribution < -0.4 is 0 Å². The van der Waals surface area contributed by atoms with Crippen LogP contribution in [0, 0.1) is 0 Å². The molecule has 0 aliphatic rings. The zero-order chi connectivity index (χ0) is 8.43. The number of thiol groups is 1. The molecule has 1 rings (SSSR count). The quantitative estimate of drug-likeness (QED) is 0.670. The van der Waals surface area contributed by atoms with Gasteiger partial charge >= 0.3 is 0 Å². The lowest BCUT2D eigenvalue weighted by molar-refractivity contribution is 0.703. The summed E-state index contributed by atoms with van der Waals surface area (Å²) < 4.78 is 1.92. The molecule has 1 heterocycles. The molecule has 1 aromatic rings. The molecule has 3 heteroatoms. The van der Waals surface area contributed by atoms with Crippen LogP contribution >= 0.6 is 12.6 Å². The summed E-state index contributed by atoms with van der Waals surface area (Å²) in [4.78, 5) is 1.07. The molecule has 2 nitrogen and oxygen atoms in total. The summed E-state index contributed by atoms with van der Waals surface area (Å²) in [5.74, 6) is 0. The summed E-state index contributed by atoms with van der Waals surface area (Å²) in [6.07, 6.45) is 1.97. The van der Waals surface area contributed by atoms with Crippen LogP contribution in [0.1, 0.15) is 25.2 Å². The highest BCUT2D eigenvalue weighted by molar-refractivity contribution is 7.80. The lowest BCUT2D eigenvalue weighted by Crippen LogP contribution is -1.96. The Morgan fingerprint density at radius 1 is 1.36 bits per heavy atom. The van der Waals surface area contributed by atoms with Gasteiger partial charge in [0.2, 0.25) is 0 Å². The standard InChI is InChI=1S/C8H14N2S/c1-4-6-8(11)7(5-2)10(3)9-6/h11H,4-5H2,1-3H3. The van der Waals surface area contributed by atoms with Crippen LogP contribution in [0.3, 0.4) is 0 Å². The van der Waals surface area contributed by atoms with Crippen molar-refractivity contribution < 1.29 is 0 Å². The van der Waals surface area contributed by atoms with E-state index in [2.05, 4.69) is 31.6 Å². The average molecular weight is 170 g/mol. The van der Waals surface area contributed by atoms with Crippen molar-refractivity contribution in [3.8, 4) is 0 Å². The Hall–Kier alpha value is -0.440. The number of hydrogen-bond donors (Lipinski definition) is 1. The lowest BCUT2D eigenvalue weighted by atomic mass is 10.2. The van der Waals surface area contributed by atoms with Gasteiger partial charge in [0, 0.05) is 11.9 Å². The maximum atomic E-state index is 4.41. The van der Waals surface area contributed by atoms with E-state index in [-0.39, 0.29) is 0 Å². The van der Waals surface area contributed by atoms with Gasteiger partial charge in [-0.15, -0.1) is 12.6 Å². The Bertz CT molecular complexity index is 253. The topological polar surface area (TPSA) is 17.8 Å². The van der Waals surface area contributed by atoms with Crippen LogP contribution in [0.25, 0.3) is 0 Å². The largest absolute Gasteiger partial charge is 0.271 e. The van der Waals surface area contributed by atoms with Gasteiger partial charge < -0.3 is 0 Å². The van der Waals surface area contributed by atoms with Gasteiger partial charge in [0.25, 0.3) is 0 Å². The summed E-state index contributed by atoms with van der Waals surface area (Å²) >= 11 is 4.41. The Labute approximate surface area is 73.0 Å². The van der Waals surface area contributed by atoms with Crippen molar-refractivity contribution in [3.63, 3.8) is 0 Å². The van der Waals surface area contributed by atoms with Gasteiger partial charge in [-0.25, -0.2) is 0 Å². The van der Waals surface area contributed by atoms with Crippen LogP contribution in [0.4, 0.5) is 0 Å². The maximum Gasteiger partial charge on any atom is 0.0757 e. The van der Waals surface area contributed by atoms with Crippen molar-refractivity contribution in [3.05, 3.63) is 11.4 Å². The third kappa shape index (κ3) is 1.43. The first-order chi connectivity index (χ1) is 5.20. The minimum Gasteiger partial charge on any atom is -0.271 e. The summed E-state index contributed by atoms with van der Waals surface area (Å²) in [5, 5.41) is 4.34. The monoisotopic (exact) mass is 170 g/mol. The van der Waals surface area contributed by atoms with Crippen molar-refractivity contribution in [2.24, 2.45) is 7.05 Å². The number of aryl methyl sites for hydroxylation is 2. The molecule has 0 N–H and O–H groups in total. The lowest BCUT2D eigenvalue weighted by Gasteiger charge is -1.96. The van der Waals surface area contributed by atoms with Crippen molar-refractivity contribution in [2.45, 2.75) is 31.6 Å². The Kier molecular flexibility index (Phi) is 2.60. The summed E-state index contributed by atoms with van der Waals surface area (Å²) in [5.41, 5.74) is 2.33. The van der Waals surface area contributed by atoms with Crippen LogP contribution in [0.2, 0.25) is 0 Å². The van der Waals surface area contributed by atoms with Crippen molar-refractivity contribution in [1.29, 1.82) is 0 Å². The smallest absolute Gasteiger partial charge is 0.0757 e. The summed E-state index contributed by atoms with van der Waals surface area (Å²) in [7, 11) is 1.97. The van der Waals surface area contributed by atoms with E-state index < -0.39 is 0 Å². The molecule has 0 aliphatic carbocycles. The Balaban J connectivity index is 3.14. The van der Waals surface area contributed by atoms with Gasteiger partial charge in [0.1, 0.15) is 0 Å². The molecule has 0 spiro atoms. The molecule has 0 aliphatic heterocycles. The fraction of sp³-hybridized carbons (Fsp3) is 0.625. The van der Waals surface area contributed by atoms with Crippen molar-refractivity contribution in [1.82, 2.24) is 9.78 Å². The maximum absolute atomic E-state index is 4.41. The molecule has 0 bridgehead atoms. The molecular weight excluding hydrogens is 156 g/mol. The highest BCUT2D eigenvalue weighted by atomic mass is 32.1. The third-order valence-electron chi connectivity index (χ3n) is 1.88. The molecule has 0 amide bonds. The van der Waals surface area contributed by atoms with Crippen molar-refractivity contribution >= 4 is 12.6 Å². The van der Waals surface area contributed by atoms with E-state index in [1.165, 1.54) is 5.69 Å². The molecule has 11 heavy (non-hydrogen) atoms. The number of nitrogens with zero attached hydrogens (tertiary/aromatic N) is 2. The minimum atomic E-state index is 0.965. The molecule has 0 atom stereocenters. The number of aromatic nitrogens is 2. The second-order valence-electron chi connectivity index (χ2n) is 2.57. The van der Waals surface area contributed by atoms with E-state index >= 15 is 0 Å². The van der Waals surface area contributed by atoms with Crippen LogP contribution in [0.5, 0.6) is 0 Å². The van der Waals surface area contributed by atoms with Gasteiger partial charge in [-0.05, 0) is 12.8 Å². The predicted octanol–water partition coefficient (Wildman–Crippen LogP) is 1.83. The first-order valence-corrected chi connectivity index (χ1v) is 4.39. The SMILES string of the molecule is CCc1nn(C)c(CC)c1S. The fourth-order valence-electron chi connectivity index (χ4n) is 1.24. The highest BCUT2D eigenvalue weighted by Crippen LogP contribution is 2.18. The molecule has 0 saturated carbocycles. The first-order valence-electron chi connectivity index (χ1n) is 3.94. The van der Waals surface area contributed by atoms with Gasteiger partial charge in [0.15, 0.2) is 0 Å². The van der Waals surface area contributed by atoms with Crippen LogP contribution in [-0.4, -0.2) is 9.78 Å². The van der Waals surface area contributed by atoms with E-state index in [0.29, 0.717) is 0 Å². The Morgan fingerprint density at radius 2 is 2.00 bits per heavy atom. The zero-order valence-electron chi connectivity index (χ0n) is 7.26. The van der Waals surface area contributed by atoms with Gasteiger partial charge in [-0.3, -0.25) is 4.68 Å². The molecule has 1 aromatic heterocycles. The summed E-state index contributed by atoms with van der Waals surface area (Å²) in [6, 6.07) is 0. The van der Waals surface area contributed by atoms with E-state index in [1.807, 2.05) is 11.7 Å². The van der Waals surface area contributed by atoms with E-state index in [9.17, 15) is 0 Å². The van der Waals surface area contributed by atoms with Gasteiger partial charge in [-0.2, -0.15) is 5.10 Å². The van der Waals surface area contributed by atoms with E-state index in [1.54, 1.807) is 0 Å². The fourth-order valence-corrected chi connectivity index (χ4v) is 1.75. The van der Waals surface area contributed by atoms with Crippen LogP contribution in [0.15, 0.2) is 4.90 Å². The molecule has 0 fully saturated rings. The van der Waals surface area contributed by atoms with E-state index in [0.717, 1.165) is 23.4 Å². The third-order valence-corrected chi connectivity index (χ3v) is 2.39. The molecule has 0 radical (unpaired) electrons. The zero-order valence-corrected chi connectivity index (χ0v) is 8.15. The highest BCUT2D eigenvalue weighted by Gasteiger charge is 2.08. The van der Waals surface area contributed by atoms with Gasteiger partial charge in [-0.1, -0.05) is 13.8 Å². The van der Waals surface area contributed by atoms with Crippen molar-refractivity contribution in [2.75, 3.05) is 0 Å². The summed E-state index contributed by atoms with van der Waals surface area (Å²) in [6.45, 7) is 4.22. The van der Waals surface area contributed by atoms with Crippen LogP contribution in [-0.2, 0) is 19.9 Å². The second kappa shape index (κ2) is 3.30. The van der Waals surface area contributed by atoms with Gasteiger partial charge in [0.05, 0.1) is 11.4 Å².